The second-order valence-electron chi connectivity index (χ2n) is 8.31. The fourth-order valence-electron chi connectivity index (χ4n) is 3.69. The summed E-state index contributed by atoms with van der Waals surface area (Å²) >= 11 is 0. The summed E-state index contributed by atoms with van der Waals surface area (Å²) in [4.78, 5) is 19.0. The van der Waals surface area contributed by atoms with Crippen molar-refractivity contribution in [3.05, 3.63) is 60.0 Å². The van der Waals surface area contributed by atoms with Crippen LogP contribution in [0, 0.1) is 0 Å². The summed E-state index contributed by atoms with van der Waals surface area (Å²) in [7, 11) is 0. The van der Waals surface area contributed by atoms with Crippen molar-refractivity contribution < 1.29 is 18.8 Å². The molecular weight excluding hydrogens is 406 g/mol. The van der Waals surface area contributed by atoms with Gasteiger partial charge in [0.2, 0.25) is 17.6 Å². The van der Waals surface area contributed by atoms with E-state index in [1.807, 2.05) is 67.3 Å². The Labute approximate surface area is 188 Å². The minimum absolute atomic E-state index is 0.0923. The predicted octanol–water partition coefficient (Wildman–Crippen LogP) is 4.83. The van der Waals surface area contributed by atoms with Gasteiger partial charge in [-0.05, 0) is 62.2 Å². The van der Waals surface area contributed by atoms with Crippen molar-refractivity contribution in [2.45, 2.75) is 52.2 Å². The van der Waals surface area contributed by atoms with Gasteiger partial charge in [-0.15, -0.1) is 0 Å². The number of ether oxygens (including phenoxy) is 2. The minimum atomic E-state index is -0.0977. The van der Waals surface area contributed by atoms with E-state index in [0.29, 0.717) is 37.8 Å². The van der Waals surface area contributed by atoms with Crippen LogP contribution < -0.4 is 9.47 Å². The van der Waals surface area contributed by atoms with Gasteiger partial charge in [0.1, 0.15) is 11.5 Å². The molecule has 2 aromatic carbocycles. The average Bonchev–Trinajstić information content (AvgIpc) is 3.41. The number of aromatic nitrogens is 2. The maximum atomic E-state index is 12.6. The van der Waals surface area contributed by atoms with Crippen LogP contribution in [0.2, 0.25) is 0 Å². The van der Waals surface area contributed by atoms with Crippen LogP contribution in [0.4, 0.5) is 0 Å². The number of nitrogens with zero attached hydrogens (tertiary/aromatic N) is 3. The summed E-state index contributed by atoms with van der Waals surface area (Å²) in [6, 6.07) is 15.5. The molecular formula is C25H29N3O4. The highest BCUT2D eigenvalue weighted by molar-refractivity contribution is 5.79. The molecule has 0 radical (unpaired) electrons. The molecule has 0 N–H and O–H groups in total. The Morgan fingerprint density at radius 1 is 1.09 bits per heavy atom. The molecule has 0 spiro atoms. The summed E-state index contributed by atoms with van der Waals surface area (Å²) in [5.41, 5.74) is 1.92. The van der Waals surface area contributed by atoms with Gasteiger partial charge in [0.15, 0.2) is 0 Å². The lowest BCUT2D eigenvalue weighted by atomic mass is 10.1. The molecule has 2 heterocycles. The molecule has 1 aliphatic rings. The van der Waals surface area contributed by atoms with E-state index < -0.39 is 0 Å². The zero-order chi connectivity index (χ0) is 22.5. The van der Waals surface area contributed by atoms with E-state index in [1.54, 1.807) is 0 Å². The Morgan fingerprint density at radius 3 is 2.50 bits per heavy atom. The van der Waals surface area contributed by atoms with Gasteiger partial charge < -0.3 is 18.9 Å². The molecule has 0 aliphatic carbocycles. The van der Waals surface area contributed by atoms with Crippen LogP contribution in [-0.2, 0) is 11.3 Å². The maximum Gasteiger partial charge on any atom is 0.232 e. The molecule has 3 aromatic rings. The highest BCUT2D eigenvalue weighted by atomic mass is 16.5. The van der Waals surface area contributed by atoms with Gasteiger partial charge in [0.25, 0.3) is 0 Å². The second-order valence-corrected chi connectivity index (χ2v) is 8.31. The Kier molecular flexibility index (Phi) is 6.73. The van der Waals surface area contributed by atoms with Gasteiger partial charge in [-0.1, -0.05) is 24.2 Å². The zero-order valence-electron chi connectivity index (χ0n) is 18.8. The molecule has 1 aliphatic heterocycles. The molecule has 1 unspecified atom stereocenters. The van der Waals surface area contributed by atoms with Crippen molar-refractivity contribution in [2.24, 2.45) is 0 Å². The molecule has 1 amide bonds. The molecule has 168 valence electrons. The van der Waals surface area contributed by atoms with Crippen molar-refractivity contribution in [3.8, 4) is 22.9 Å². The van der Waals surface area contributed by atoms with Crippen LogP contribution >= 0.6 is 0 Å². The van der Waals surface area contributed by atoms with E-state index in [9.17, 15) is 4.79 Å². The Balaban J connectivity index is 1.37. The first-order chi connectivity index (χ1) is 15.5. The molecule has 1 fully saturated rings. The highest BCUT2D eigenvalue weighted by Crippen LogP contribution is 2.30. The lowest BCUT2D eigenvalue weighted by Gasteiger charge is -2.16. The van der Waals surface area contributed by atoms with Gasteiger partial charge in [-0.25, -0.2) is 0 Å². The van der Waals surface area contributed by atoms with E-state index in [4.69, 9.17) is 14.0 Å². The molecule has 1 saturated heterocycles. The third kappa shape index (κ3) is 5.28. The van der Waals surface area contributed by atoms with Crippen LogP contribution in [0.1, 0.15) is 51.0 Å². The zero-order valence-corrected chi connectivity index (χ0v) is 18.8. The standard InChI is InChI=1S/C25H29N3O4/c1-4-13-30-21-11-7-19(8-12-21)24-26-25(32-27-24)20-14-23(29)28(16-20)15-18-5-9-22(10-6-18)31-17(2)3/h5-12,17,20H,4,13-16H2,1-3H3. The fraction of sp³-hybridized carbons (Fsp3) is 0.400. The second kappa shape index (κ2) is 9.85. The number of rotatable bonds is 9. The van der Waals surface area contributed by atoms with Gasteiger partial charge in [-0.3, -0.25) is 4.79 Å². The number of carbonyl (C=O) groups excluding carboxylic acids is 1. The third-order valence-corrected chi connectivity index (χ3v) is 5.26. The average molecular weight is 436 g/mol. The third-order valence-electron chi connectivity index (χ3n) is 5.26. The largest absolute Gasteiger partial charge is 0.494 e. The lowest BCUT2D eigenvalue weighted by Crippen LogP contribution is -2.24. The van der Waals surface area contributed by atoms with Crippen LogP contribution in [-0.4, -0.2) is 40.2 Å². The normalized spacial score (nSPS) is 16.1. The Hall–Kier alpha value is -3.35. The maximum absolute atomic E-state index is 12.6. The monoisotopic (exact) mass is 435 g/mol. The number of benzene rings is 2. The van der Waals surface area contributed by atoms with Crippen LogP contribution in [0.5, 0.6) is 11.5 Å². The van der Waals surface area contributed by atoms with Crippen LogP contribution in [0.3, 0.4) is 0 Å². The van der Waals surface area contributed by atoms with Gasteiger partial charge in [0, 0.05) is 25.1 Å². The minimum Gasteiger partial charge on any atom is -0.494 e. The van der Waals surface area contributed by atoms with Gasteiger partial charge >= 0.3 is 0 Å². The van der Waals surface area contributed by atoms with Crippen molar-refractivity contribution in [1.29, 1.82) is 0 Å². The molecule has 1 aromatic heterocycles. The quantitative estimate of drug-likeness (QED) is 0.479. The highest BCUT2D eigenvalue weighted by Gasteiger charge is 2.34. The fourth-order valence-corrected chi connectivity index (χ4v) is 3.69. The number of hydrogen-bond acceptors (Lipinski definition) is 6. The molecule has 32 heavy (non-hydrogen) atoms. The van der Waals surface area contributed by atoms with Crippen LogP contribution in [0.15, 0.2) is 53.1 Å². The first-order valence-corrected chi connectivity index (χ1v) is 11.1. The number of hydrogen-bond donors (Lipinski definition) is 0. The van der Waals surface area contributed by atoms with E-state index >= 15 is 0 Å². The summed E-state index contributed by atoms with van der Waals surface area (Å²) in [6.45, 7) is 7.87. The molecule has 0 bridgehead atoms. The first-order valence-electron chi connectivity index (χ1n) is 11.1. The summed E-state index contributed by atoms with van der Waals surface area (Å²) in [5, 5.41) is 4.12. The number of amides is 1. The molecule has 1 atom stereocenters. The van der Waals surface area contributed by atoms with E-state index in [1.165, 1.54) is 0 Å². The molecule has 7 nitrogen and oxygen atoms in total. The van der Waals surface area contributed by atoms with E-state index in [2.05, 4.69) is 17.1 Å². The van der Waals surface area contributed by atoms with Gasteiger partial charge in [-0.2, -0.15) is 4.98 Å². The van der Waals surface area contributed by atoms with Crippen molar-refractivity contribution >= 4 is 5.91 Å². The lowest BCUT2D eigenvalue weighted by molar-refractivity contribution is -0.128. The van der Waals surface area contributed by atoms with Crippen molar-refractivity contribution in [3.63, 3.8) is 0 Å². The summed E-state index contributed by atoms with van der Waals surface area (Å²) in [5.74, 6) is 2.67. The number of carbonyl (C=O) groups is 1. The smallest absolute Gasteiger partial charge is 0.232 e. The molecule has 7 heteroatoms. The van der Waals surface area contributed by atoms with Crippen molar-refractivity contribution in [1.82, 2.24) is 15.0 Å². The Bertz CT molecular complexity index is 1030. The molecule has 4 rings (SSSR count). The first kappa shape index (κ1) is 21.9. The predicted molar refractivity (Wildman–Crippen MR) is 121 cm³/mol. The topological polar surface area (TPSA) is 77.7 Å². The SMILES string of the molecule is CCCOc1ccc(-c2noc(C3CC(=O)N(Cc4ccc(OC(C)C)cc4)C3)n2)cc1. The summed E-state index contributed by atoms with van der Waals surface area (Å²) < 4.78 is 16.8. The van der Waals surface area contributed by atoms with E-state index in [0.717, 1.165) is 29.0 Å². The van der Waals surface area contributed by atoms with E-state index in [-0.39, 0.29) is 17.9 Å². The van der Waals surface area contributed by atoms with Crippen LogP contribution in [0.25, 0.3) is 11.4 Å². The van der Waals surface area contributed by atoms with Gasteiger partial charge in [0.05, 0.1) is 18.6 Å². The van der Waals surface area contributed by atoms with Crippen molar-refractivity contribution in [2.75, 3.05) is 13.2 Å². The Morgan fingerprint density at radius 2 is 1.81 bits per heavy atom. The molecule has 0 saturated carbocycles. The summed E-state index contributed by atoms with van der Waals surface area (Å²) in [6.07, 6.45) is 1.47. The number of likely N-dealkylation sites (tertiary alicyclic amines) is 1.